The normalized spacial score (nSPS) is 12.3. The van der Waals surface area contributed by atoms with Crippen molar-refractivity contribution in [2.24, 2.45) is 0 Å². The van der Waals surface area contributed by atoms with Crippen LogP contribution in [0.15, 0.2) is 40.9 Å². The Morgan fingerprint density at radius 2 is 1.58 bits per heavy atom. The van der Waals surface area contributed by atoms with E-state index in [1.807, 2.05) is 6.07 Å². The molecule has 0 aliphatic carbocycles. The van der Waals surface area contributed by atoms with Gasteiger partial charge in [-0.25, -0.2) is 0 Å². The highest BCUT2D eigenvalue weighted by atomic mass is 79.9. The predicted molar refractivity (Wildman–Crippen MR) is 87.4 cm³/mol. The number of methoxy groups -OCH3 is 1. The van der Waals surface area contributed by atoms with Crippen LogP contribution in [0.3, 0.4) is 0 Å². The maximum Gasteiger partial charge on any atom is 0.121 e. The van der Waals surface area contributed by atoms with Crippen LogP contribution < -0.4 is 4.74 Å². The first kappa shape index (κ1) is 14.6. The second-order valence-corrected chi connectivity index (χ2v) is 6.37. The Kier molecular flexibility index (Phi) is 4.69. The smallest absolute Gasteiger partial charge is 0.121 e. The van der Waals surface area contributed by atoms with Gasteiger partial charge in [0.15, 0.2) is 0 Å². The molecule has 0 heterocycles. The summed E-state index contributed by atoms with van der Waals surface area (Å²) in [6.07, 6.45) is 0. The molecule has 2 aromatic carbocycles. The molecule has 0 N–H and O–H groups in total. The second-order valence-electron chi connectivity index (χ2n) is 4.60. The van der Waals surface area contributed by atoms with Crippen LogP contribution in [0, 0.1) is 13.8 Å². The Hall–Kier alpha value is -0.800. The van der Waals surface area contributed by atoms with E-state index in [2.05, 4.69) is 76.0 Å². The van der Waals surface area contributed by atoms with Gasteiger partial charge in [-0.3, -0.25) is 0 Å². The number of benzene rings is 2. The molecule has 0 saturated carbocycles. The van der Waals surface area contributed by atoms with Crippen LogP contribution in [-0.4, -0.2) is 7.11 Å². The molecule has 0 amide bonds. The zero-order chi connectivity index (χ0) is 14.0. The van der Waals surface area contributed by atoms with Gasteiger partial charge >= 0.3 is 0 Å². The third kappa shape index (κ3) is 3.21. The van der Waals surface area contributed by atoms with Crippen molar-refractivity contribution in [3.63, 3.8) is 0 Å². The average Bonchev–Trinajstić information content (AvgIpc) is 2.41. The third-order valence-electron chi connectivity index (χ3n) is 3.20. The van der Waals surface area contributed by atoms with E-state index >= 15 is 0 Å². The topological polar surface area (TPSA) is 9.23 Å². The minimum Gasteiger partial charge on any atom is -0.496 e. The van der Waals surface area contributed by atoms with Crippen LogP contribution in [0.4, 0.5) is 0 Å². The lowest BCUT2D eigenvalue weighted by Crippen LogP contribution is -1.95. The molecule has 1 nitrogen and oxygen atoms in total. The Labute approximate surface area is 131 Å². The maximum absolute atomic E-state index is 5.30. The molecule has 1 unspecified atom stereocenters. The van der Waals surface area contributed by atoms with Gasteiger partial charge in [-0.1, -0.05) is 56.1 Å². The van der Waals surface area contributed by atoms with E-state index in [-0.39, 0.29) is 4.83 Å². The summed E-state index contributed by atoms with van der Waals surface area (Å²) in [5.74, 6) is 0.925. The lowest BCUT2D eigenvalue weighted by Gasteiger charge is -2.14. The van der Waals surface area contributed by atoms with Gasteiger partial charge in [0, 0.05) is 4.47 Å². The molecule has 0 saturated heterocycles. The molecule has 0 spiro atoms. The number of aryl methyl sites for hydroxylation is 2. The lowest BCUT2D eigenvalue weighted by molar-refractivity contribution is 0.411. The van der Waals surface area contributed by atoms with E-state index in [9.17, 15) is 0 Å². The van der Waals surface area contributed by atoms with Crippen LogP contribution in [0.1, 0.15) is 27.1 Å². The van der Waals surface area contributed by atoms with Crippen LogP contribution >= 0.6 is 31.9 Å². The van der Waals surface area contributed by atoms with Gasteiger partial charge in [0.1, 0.15) is 5.75 Å². The van der Waals surface area contributed by atoms with Gasteiger partial charge in [0.05, 0.1) is 11.9 Å². The molecule has 100 valence electrons. The molecule has 0 aromatic heterocycles. The van der Waals surface area contributed by atoms with Crippen molar-refractivity contribution < 1.29 is 4.74 Å². The number of rotatable bonds is 3. The largest absolute Gasteiger partial charge is 0.496 e. The van der Waals surface area contributed by atoms with E-state index in [0.717, 1.165) is 15.8 Å². The lowest BCUT2D eigenvalue weighted by atomic mass is 10.0. The van der Waals surface area contributed by atoms with Crippen molar-refractivity contribution in [2.45, 2.75) is 18.7 Å². The predicted octanol–water partition coefficient (Wildman–Crippen LogP) is 5.56. The van der Waals surface area contributed by atoms with Crippen LogP contribution in [-0.2, 0) is 0 Å². The fourth-order valence-corrected chi connectivity index (χ4v) is 2.98. The molecule has 2 rings (SSSR count). The minimum absolute atomic E-state index is 0.189. The Morgan fingerprint density at radius 3 is 2.16 bits per heavy atom. The van der Waals surface area contributed by atoms with E-state index in [1.54, 1.807) is 7.11 Å². The Bertz CT molecular complexity index is 593. The summed E-state index contributed by atoms with van der Waals surface area (Å²) in [7, 11) is 1.70. The highest BCUT2D eigenvalue weighted by molar-refractivity contribution is 9.10. The number of hydrogen-bond donors (Lipinski definition) is 0. The summed E-state index contributed by atoms with van der Waals surface area (Å²) in [6, 6.07) is 12.7. The molecule has 1 atom stereocenters. The summed E-state index contributed by atoms with van der Waals surface area (Å²) in [5.41, 5.74) is 4.86. The zero-order valence-corrected chi connectivity index (χ0v) is 14.4. The molecule has 0 radical (unpaired) electrons. The number of alkyl halides is 1. The van der Waals surface area contributed by atoms with Gasteiger partial charge in [-0.15, -0.1) is 0 Å². The molecule has 0 aliphatic heterocycles. The first-order valence-corrected chi connectivity index (χ1v) is 7.78. The van der Waals surface area contributed by atoms with Crippen molar-refractivity contribution in [1.29, 1.82) is 0 Å². The van der Waals surface area contributed by atoms with Crippen LogP contribution in [0.25, 0.3) is 0 Å². The number of ether oxygens (including phenoxy) is 1. The Balaban J connectivity index is 2.35. The Morgan fingerprint density at radius 1 is 0.947 bits per heavy atom. The van der Waals surface area contributed by atoms with E-state index < -0.39 is 0 Å². The van der Waals surface area contributed by atoms with Gasteiger partial charge in [0.2, 0.25) is 0 Å². The summed E-state index contributed by atoms with van der Waals surface area (Å²) >= 11 is 7.36. The summed E-state index contributed by atoms with van der Waals surface area (Å²) in [4.78, 5) is 0.189. The van der Waals surface area contributed by atoms with Crippen molar-refractivity contribution in [2.75, 3.05) is 7.11 Å². The van der Waals surface area contributed by atoms with Gasteiger partial charge < -0.3 is 4.74 Å². The monoisotopic (exact) mass is 382 g/mol. The van der Waals surface area contributed by atoms with Gasteiger partial charge in [-0.05, 0) is 48.2 Å². The van der Waals surface area contributed by atoms with Crippen molar-refractivity contribution in [1.82, 2.24) is 0 Å². The van der Waals surface area contributed by atoms with E-state index in [0.29, 0.717) is 0 Å². The van der Waals surface area contributed by atoms with E-state index in [4.69, 9.17) is 4.74 Å². The van der Waals surface area contributed by atoms with Gasteiger partial charge in [-0.2, -0.15) is 0 Å². The van der Waals surface area contributed by atoms with E-state index in [1.165, 1.54) is 16.7 Å². The summed E-state index contributed by atoms with van der Waals surface area (Å²) in [6.45, 7) is 4.15. The minimum atomic E-state index is 0.189. The number of halogens is 2. The standard InChI is InChI=1S/C16H16Br2O/c1-10-4-5-13(9-14(10)17)16(18)12-6-7-15(19-3)11(2)8-12/h4-9,16H,1-3H3. The van der Waals surface area contributed by atoms with Crippen LogP contribution in [0.2, 0.25) is 0 Å². The first-order chi connectivity index (χ1) is 9.02. The zero-order valence-electron chi connectivity index (χ0n) is 11.2. The quantitative estimate of drug-likeness (QED) is 0.630. The highest BCUT2D eigenvalue weighted by Crippen LogP contribution is 2.34. The molecule has 0 aliphatic rings. The SMILES string of the molecule is COc1ccc(C(Br)c2ccc(C)c(Br)c2)cc1C. The van der Waals surface area contributed by atoms with Crippen molar-refractivity contribution in [3.8, 4) is 5.75 Å². The molecule has 0 bridgehead atoms. The molecule has 3 heteroatoms. The molecule has 2 aromatic rings. The summed E-state index contributed by atoms with van der Waals surface area (Å²) in [5, 5.41) is 0. The number of hydrogen-bond acceptors (Lipinski definition) is 1. The molecule has 0 fully saturated rings. The van der Waals surface area contributed by atoms with Gasteiger partial charge in [0.25, 0.3) is 0 Å². The second kappa shape index (κ2) is 6.10. The molecular weight excluding hydrogens is 368 g/mol. The molecular formula is C16H16Br2O. The highest BCUT2D eigenvalue weighted by Gasteiger charge is 2.12. The van der Waals surface area contributed by atoms with Crippen molar-refractivity contribution in [3.05, 3.63) is 63.1 Å². The van der Waals surface area contributed by atoms with Crippen LogP contribution in [0.5, 0.6) is 5.75 Å². The van der Waals surface area contributed by atoms with Crippen molar-refractivity contribution >= 4 is 31.9 Å². The summed E-state index contributed by atoms with van der Waals surface area (Å²) < 4.78 is 6.44. The fraction of sp³-hybridized carbons (Fsp3) is 0.250. The molecule has 19 heavy (non-hydrogen) atoms. The first-order valence-electron chi connectivity index (χ1n) is 6.07. The average molecular weight is 384 g/mol. The fourth-order valence-electron chi connectivity index (χ4n) is 2.02. The maximum atomic E-state index is 5.30. The third-order valence-corrected chi connectivity index (χ3v) is 5.11.